The Bertz CT molecular complexity index is 1500. The number of nitrogens with one attached hydrogen (secondary N) is 2. The van der Waals surface area contributed by atoms with Gasteiger partial charge in [0.05, 0.1) is 11.3 Å². The van der Waals surface area contributed by atoms with Gasteiger partial charge in [0, 0.05) is 37.0 Å². The van der Waals surface area contributed by atoms with Crippen LogP contribution < -0.4 is 15.5 Å². The van der Waals surface area contributed by atoms with Crippen LogP contribution in [0.1, 0.15) is 45.7 Å². The van der Waals surface area contributed by atoms with Gasteiger partial charge in [0.1, 0.15) is 11.8 Å². The minimum atomic E-state index is -1.36. The largest absolute Gasteiger partial charge is 0.478 e. The lowest BCUT2D eigenvalue weighted by molar-refractivity contribution is -0.146. The van der Waals surface area contributed by atoms with Crippen molar-refractivity contribution in [1.82, 2.24) is 25.2 Å². The molecular weight excluding hydrogens is 524 g/mol. The number of hydrogen-bond acceptors (Lipinski definition) is 9. The Hall–Kier alpha value is -5.27. The van der Waals surface area contributed by atoms with Gasteiger partial charge in [-0.3, -0.25) is 9.59 Å². The van der Waals surface area contributed by atoms with E-state index in [0.29, 0.717) is 47.4 Å². The van der Waals surface area contributed by atoms with Crippen LogP contribution in [0.3, 0.4) is 0 Å². The first-order valence-corrected chi connectivity index (χ1v) is 12.1. The first-order valence-electron chi connectivity index (χ1n) is 12.1. The van der Waals surface area contributed by atoms with Gasteiger partial charge in [0.15, 0.2) is 5.82 Å². The van der Waals surface area contributed by atoms with E-state index in [2.05, 4.69) is 20.7 Å². The lowest BCUT2D eigenvalue weighted by Gasteiger charge is -2.24. The Morgan fingerprint density at radius 1 is 1.02 bits per heavy atom. The summed E-state index contributed by atoms with van der Waals surface area (Å²) < 4.78 is 11.3. The van der Waals surface area contributed by atoms with Crippen molar-refractivity contribution in [1.29, 1.82) is 0 Å². The van der Waals surface area contributed by atoms with Crippen LogP contribution in [-0.4, -0.2) is 69.4 Å². The predicted octanol–water partition coefficient (Wildman–Crippen LogP) is 2.26. The van der Waals surface area contributed by atoms with E-state index in [1.807, 2.05) is 0 Å². The number of nitrogens with zero attached hydrogens (tertiary/aromatic N) is 4. The molecule has 3 N–H and O–H groups in total. The van der Waals surface area contributed by atoms with E-state index < -0.39 is 24.8 Å². The van der Waals surface area contributed by atoms with Crippen LogP contribution in [0.25, 0.3) is 5.52 Å². The number of fused-ring (bicyclic) bond motifs is 1. The van der Waals surface area contributed by atoms with Crippen LogP contribution in [0.4, 0.5) is 16.3 Å². The molecule has 3 aromatic rings. The van der Waals surface area contributed by atoms with E-state index in [1.54, 1.807) is 39.8 Å². The summed E-state index contributed by atoms with van der Waals surface area (Å²) in [6.45, 7) is 6.85. The second-order valence-corrected chi connectivity index (χ2v) is 8.26. The molecule has 0 radical (unpaired) electrons. The molecular formula is C26H28N6O8. The third kappa shape index (κ3) is 6.59. The highest BCUT2D eigenvalue weighted by molar-refractivity contribution is 6.05. The van der Waals surface area contributed by atoms with Crippen LogP contribution >= 0.6 is 0 Å². The zero-order valence-corrected chi connectivity index (χ0v) is 22.3. The van der Waals surface area contributed by atoms with Crippen LogP contribution in [-0.2, 0) is 19.1 Å². The molecule has 0 saturated heterocycles. The molecule has 0 spiro atoms. The summed E-state index contributed by atoms with van der Waals surface area (Å²) in [5, 5.41) is 18.2. The van der Waals surface area contributed by atoms with Crippen molar-refractivity contribution in [3.63, 3.8) is 0 Å². The van der Waals surface area contributed by atoms with Crippen LogP contribution in [0, 0.1) is 13.8 Å². The van der Waals surface area contributed by atoms with Crippen molar-refractivity contribution in [2.45, 2.75) is 27.7 Å². The quantitative estimate of drug-likeness (QED) is 0.192. The summed E-state index contributed by atoms with van der Waals surface area (Å²) in [5.74, 6) is -3.09. The monoisotopic (exact) mass is 552 g/mol. The van der Waals surface area contributed by atoms with Crippen molar-refractivity contribution in [3.05, 3.63) is 65.1 Å². The number of hydrogen-bond donors (Lipinski definition) is 3. The first-order chi connectivity index (χ1) is 19.1. The molecule has 0 fully saturated rings. The van der Waals surface area contributed by atoms with E-state index in [1.165, 1.54) is 23.1 Å². The average molecular weight is 553 g/mol. The normalized spacial score (nSPS) is 10.8. The molecule has 210 valence electrons. The number of rotatable bonds is 10. The maximum Gasteiger partial charge on any atom is 0.423 e. The smallest absolute Gasteiger partial charge is 0.423 e. The number of carboxylic acids is 1. The summed E-state index contributed by atoms with van der Waals surface area (Å²) in [6, 6.07) is 4.71. The van der Waals surface area contributed by atoms with Gasteiger partial charge in [0.25, 0.3) is 11.8 Å². The molecule has 0 saturated carbocycles. The summed E-state index contributed by atoms with van der Waals surface area (Å²) in [7, 11) is 0. The number of amides is 3. The second kappa shape index (κ2) is 13.0. The number of ether oxygens (including phenoxy) is 2. The van der Waals surface area contributed by atoms with Crippen LogP contribution in [0.5, 0.6) is 0 Å². The lowest BCUT2D eigenvalue weighted by Crippen LogP contribution is -2.30. The maximum absolute atomic E-state index is 13.5. The zero-order valence-electron chi connectivity index (χ0n) is 22.3. The average Bonchev–Trinajstić information content (AvgIpc) is 3.26. The van der Waals surface area contributed by atoms with Crippen molar-refractivity contribution in [3.8, 4) is 0 Å². The van der Waals surface area contributed by atoms with Crippen LogP contribution in [0.2, 0.25) is 0 Å². The number of aryl methyl sites for hydroxylation is 2. The molecule has 0 bridgehead atoms. The summed E-state index contributed by atoms with van der Waals surface area (Å²) in [6.07, 6.45) is 2.88. The van der Waals surface area contributed by atoms with Gasteiger partial charge in [-0.2, -0.15) is 5.10 Å². The fourth-order valence-electron chi connectivity index (χ4n) is 3.73. The summed E-state index contributed by atoms with van der Waals surface area (Å²) >= 11 is 0. The van der Waals surface area contributed by atoms with Crippen LogP contribution in [0.15, 0.2) is 42.9 Å². The highest BCUT2D eigenvalue weighted by atomic mass is 16.7. The van der Waals surface area contributed by atoms with E-state index >= 15 is 0 Å². The second-order valence-electron chi connectivity index (χ2n) is 8.26. The Morgan fingerprint density at radius 3 is 2.40 bits per heavy atom. The third-order valence-corrected chi connectivity index (χ3v) is 5.58. The SMILES string of the molecule is CCNC(=O)c1ccc(C)c(N(C(=O)OCOC(=O)/C=C/C(=O)O)c2ncnn3cc(C(=O)NCC)c(C)c23)c1. The van der Waals surface area contributed by atoms with Crippen molar-refractivity contribution >= 4 is 46.9 Å². The Morgan fingerprint density at radius 2 is 1.73 bits per heavy atom. The number of benzene rings is 1. The van der Waals surface area contributed by atoms with Gasteiger partial charge in [-0.05, 0) is 51.0 Å². The molecule has 14 nitrogen and oxygen atoms in total. The molecule has 0 aliphatic rings. The number of aliphatic carboxylic acids is 1. The number of anilines is 2. The molecule has 0 aliphatic carbocycles. The van der Waals surface area contributed by atoms with E-state index in [0.717, 1.165) is 4.90 Å². The van der Waals surface area contributed by atoms with Gasteiger partial charge in [-0.25, -0.2) is 28.8 Å². The third-order valence-electron chi connectivity index (χ3n) is 5.58. The minimum Gasteiger partial charge on any atom is -0.478 e. The Kier molecular flexibility index (Phi) is 9.52. The molecule has 14 heteroatoms. The topological polar surface area (TPSA) is 182 Å². The van der Waals surface area contributed by atoms with E-state index in [4.69, 9.17) is 14.6 Å². The van der Waals surface area contributed by atoms with Gasteiger partial charge in [0.2, 0.25) is 6.79 Å². The molecule has 0 atom stereocenters. The molecule has 3 rings (SSSR count). The maximum atomic E-state index is 13.5. The number of carbonyl (C=O) groups excluding carboxylic acids is 4. The number of esters is 1. The molecule has 40 heavy (non-hydrogen) atoms. The van der Waals surface area contributed by atoms with Gasteiger partial charge in [-0.15, -0.1) is 0 Å². The van der Waals surface area contributed by atoms with Gasteiger partial charge < -0.3 is 25.2 Å². The summed E-state index contributed by atoms with van der Waals surface area (Å²) in [5.41, 5.74) is 2.14. The fourth-order valence-corrected chi connectivity index (χ4v) is 3.73. The van der Waals surface area contributed by atoms with Crippen molar-refractivity contribution < 1.29 is 38.6 Å². The highest BCUT2D eigenvalue weighted by Crippen LogP contribution is 2.34. The minimum absolute atomic E-state index is 0.0290. The number of carboxylic acid groups (broad SMARTS) is 1. The molecule has 0 unspecified atom stereocenters. The number of carbonyl (C=O) groups is 5. The molecule has 3 amide bonds. The summed E-state index contributed by atoms with van der Waals surface area (Å²) in [4.78, 5) is 66.4. The van der Waals surface area contributed by atoms with Gasteiger partial charge in [-0.1, -0.05) is 6.07 Å². The number of aromatic nitrogens is 3. The molecule has 0 aliphatic heterocycles. The Labute approximate surface area is 228 Å². The molecule has 2 aromatic heterocycles. The first kappa shape index (κ1) is 29.3. The molecule has 1 aromatic carbocycles. The van der Waals surface area contributed by atoms with Crippen molar-refractivity contribution in [2.24, 2.45) is 0 Å². The predicted molar refractivity (Wildman–Crippen MR) is 141 cm³/mol. The Balaban J connectivity index is 2.11. The van der Waals surface area contributed by atoms with Gasteiger partial charge >= 0.3 is 18.0 Å². The fraction of sp³-hybridized carbons (Fsp3) is 0.269. The van der Waals surface area contributed by atoms with Crippen molar-refractivity contribution in [2.75, 3.05) is 24.8 Å². The highest BCUT2D eigenvalue weighted by Gasteiger charge is 2.29. The molecule has 2 heterocycles. The van der Waals surface area contributed by atoms with E-state index in [-0.39, 0.29) is 28.9 Å². The van der Waals surface area contributed by atoms with E-state index in [9.17, 15) is 24.0 Å². The zero-order chi connectivity index (χ0) is 29.4. The lowest BCUT2D eigenvalue weighted by atomic mass is 10.1. The standard InChI is InChI=1S/C26H28N6O8/c1-5-27-24(36)17-8-7-15(3)19(11-17)32(26(38)40-14-39-21(35)10-9-20(33)34)23-22-16(4)18(25(37)28-6-2)12-31(22)30-13-29-23/h7-13H,5-6,14H2,1-4H3,(H,27,36)(H,28,37)(H,33,34)/b10-9+.